The molecule has 1 N–H and O–H groups in total. The molecular weight excluding hydrogens is 134 g/mol. The van der Waals surface area contributed by atoms with Crippen molar-refractivity contribution < 1.29 is 0 Å². The van der Waals surface area contributed by atoms with Crippen LogP contribution in [0.15, 0.2) is 0 Å². The molecule has 2 unspecified atom stereocenters. The molecule has 66 valence electrons. The zero-order chi connectivity index (χ0) is 8.48. The van der Waals surface area contributed by atoms with Gasteiger partial charge in [0, 0.05) is 11.6 Å². The predicted molar refractivity (Wildman–Crippen MR) is 49.7 cm³/mol. The zero-order valence-corrected chi connectivity index (χ0v) is 8.28. The van der Waals surface area contributed by atoms with Crippen LogP contribution in [-0.2, 0) is 0 Å². The molecule has 1 heteroatoms. The Hall–Kier alpha value is -0.0400. The van der Waals surface area contributed by atoms with E-state index in [4.69, 9.17) is 0 Å². The molecule has 0 amide bonds. The van der Waals surface area contributed by atoms with Crippen LogP contribution in [0.1, 0.15) is 47.0 Å². The molecule has 1 nitrogen and oxygen atoms in total. The summed E-state index contributed by atoms with van der Waals surface area (Å²) in [6.07, 6.45) is 4.16. The van der Waals surface area contributed by atoms with E-state index in [1.807, 2.05) is 0 Å². The van der Waals surface area contributed by atoms with Gasteiger partial charge in [-0.3, -0.25) is 0 Å². The molecule has 1 aliphatic rings. The highest BCUT2D eigenvalue weighted by atomic mass is 15.0. The van der Waals surface area contributed by atoms with Crippen molar-refractivity contribution in [2.24, 2.45) is 5.92 Å². The molecule has 11 heavy (non-hydrogen) atoms. The van der Waals surface area contributed by atoms with Gasteiger partial charge in [0.25, 0.3) is 0 Å². The third kappa shape index (κ3) is 2.48. The van der Waals surface area contributed by atoms with E-state index in [0.717, 1.165) is 12.0 Å². The highest BCUT2D eigenvalue weighted by Crippen LogP contribution is 2.31. The van der Waals surface area contributed by atoms with Crippen molar-refractivity contribution in [2.75, 3.05) is 0 Å². The van der Waals surface area contributed by atoms with Gasteiger partial charge in [-0.15, -0.1) is 0 Å². The minimum atomic E-state index is 0.304. The van der Waals surface area contributed by atoms with Crippen LogP contribution in [0.5, 0.6) is 0 Å². The molecule has 2 atom stereocenters. The Morgan fingerprint density at radius 1 is 1.27 bits per heavy atom. The second kappa shape index (κ2) is 3.14. The van der Waals surface area contributed by atoms with Gasteiger partial charge in [-0.25, -0.2) is 0 Å². The van der Waals surface area contributed by atoms with Crippen molar-refractivity contribution in [3.8, 4) is 0 Å². The summed E-state index contributed by atoms with van der Waals surface area (Å²) in [7, 11) is 0. The molecule has 0 aromatic rings. The van der Waals surface area contributed by atoms with E-state index in [0.29, 0.717) is 5.54 Å². The average molecular weight is 155 g/mol. The van der Waals surface area contributed by atoms with Gasteiger partial charge in [-0.05, 0) is 39.5 Å². The Bertz CT molecular complexity index is 121. The number of rotatable bonds is 2. The van der Waals surface area contributed by atoms with Gasteiger partial charge in [0.05, 0.1) is 0 Å². The van der Waals surface area contributed by atoms with Gasteiger partial charge in [0.2, 0.25) is 0 Å². The Balaban J connectivity index is 2.27. The lowest BCUT2D eigenvalue weighted by molar-refractivity contribution is 0.167. The van der Waals surface area contributed by atoms with Crippen LogP contribution >= 0.6 is 0 Å². The largest absolute Gasteiger partial charge is 0.309 e. The number of hydrogen-bond acceptors (Lipinski definition) is 1. The van der Waals surface area contributed by atoms with E-state index in [1.54, 1.807) is 0 Å². The van der Waals surface area contributed by atoms with Gasteiger partial charge in [-0.2, -0.15) is 0 Å². The van der Waals surface area contributed by atoms with Crippen LogP contribution in [-0.4, -0.2) is 11.6 Å². The van der Waals surface area contributed by atoms with E-state index >= 15 is 0 Å². The molecule has 1 aliphatic carbocycles. The highest BCUT2D eigenvalue weighted by molar-refractivity contribution is 4.89. The maximum Gasteiger partial charge on any atom is 0.0100 e. The highest BCUT2D eigenvalue weighted by Gasteiger charge is 2.31. The summed E-state index contributed by atoms with van der Waals surface area (Å²) in [4.78, 5) is 0. The van der Waals surface area contributed by atoms with Crippen LogP contribution in [0.4, 0.5) is 0 Å². The molecule has 0 heterocycles. The summed E-state index contributed by atoms with van der Waals surface area (Å²) in [6, 6.07) is 0.806. The fourth-order valence-corrected chi connectivity index (χ4v) is 1.80. The fraction of sp³-hybridized carbons (Fsp3) is 1.00. The van der Waals surface area contributed by atoms with E-state index in [9.17, 15) is 0 Å². The standard InChI is InChI=1S/C10H21N/c1-5-8-6-7-9(8)11-10(2,3)4/h8-9,11H,5-7H2,1-4H3. The maximum atomic E-state index is 3.66. The molecule has 1 rings (SSSR count). The first kappa shape index (κ1) is 9.05. The van der Waals surface area contributed by atoms with Crippen molar-refractivity contribution in [2.45, 2.75) is 58.5 Å². The van der Waals surface area contributed by atoms with Crippen LogP contribution in [0, 0.1) is 5.92 Å². The monoisotopic (exact) mass is 155 g/mol. The Labute approximate surface area is 70.6 Å². The predicted octanol–water partition coefficient (Wildman–Crippen LogP) is 2.56. The molecular formula is C10H21N. The third-order valence-corrected chi connectivity index (χ3v) is 2.56. The minimum Gasteiger partial charge on any atom is -0.309 e. The smallest absolute Gasteiger partial charge is 0.0100 e. The van der Waals surface area contributed by atoms with Crippen molar-refractivity contribution >= 4 is 0 Å². The lowest BCUT2D eigenvalue weighted by Crippen LogP contribution is -2.51. The van der Waals surface area contributed by atoms with E-state index < -0.39 is 0 Å². The zero-order valence-electron chi connectivity index (χ0n) is 8.28. The Morgan fingerprint density at radius 3 is 2.18 bits per heavy atom. The lowest BCUT2D eigenvalue weighted by atomic mass is 9.77. The van der Waals surface area contributed by atoms with Crippen LogP contribution in [0.2, 0.25) is 0 Å². The average Bonchev–Trinajstić information content (AvgIpc) is 1.80. The normalized spacial score (nSPS) is 31.6. The number of nitrogens with one attached hydrogen (secondary N) is 1. The molecule has 1 saturated carbocycles. The SMILES string of the molecule is CCC1CCC1NC(C)(C)C. The third-order valence-electron chi connectivity index (χ3n) is 2.56. The van der Waals surface area contributed by atoms with Gasteiger partial charge >= 0.3 is 0 Å². The summed E-state index contributed by atoms with van der Waals surface area (Å²) in [5.74, 6) is 0.953. The van der Waals surface area contributed by atoms with E-state index in [-0.39, 0.29) is 0 Å². The second-order valence-electron chi connectivity index (χ2n) is 4.75. The minimum absolute atomic E-state index is 0.304. The summed E-state index contributed by atoms with van der Waals surface area (Å²) >= 11 is 0. The first-order chi connectivity index (χ1) is 5.03. The molecule has 0 saturated heterocycles. The summed E-state index contributed by atoms with van der Waals surface area (Å²) in [5.41, 5.74) is 0.304. The Morgan fingerprint density at radius 2 is 1.91 bits per heavy atom. The van der Waals surface area contributed by atoms with Crippen LogP contribution in [0.3, 0.4) is 0 Å². The van der Waals surface area contributed by atoms with Gasteiger partial charge in [0.15, 0.2) is 0 Å². The number of hydrogen-bond donors (Lipinski definition) is 1. The van der Waals surface area contributed by atoms with Crippen molar-refractivity contribution in [1.29, 1.82) is 0 Å². The summed E-state index contributed by atoms with van der Waals surface area (Å²) < 4.78 is 0. The summed E-state index contributed by atoms with van der Waals surface area (Å²) in [5, 5.41) is 3.66. The first-order valence-electron chi connectivity index (χ1n) is 4.80. The summed E-state index contributed by atoms with van der Waals surface area (Å²) in [6.45, 7) is 9.04. The first-order valence-corrected chi connectivity index (χ1v) is 4.80. The van der Waals surface area contributed by atoms with Gasteiger partial charge in [0.1, 0.15) is 0 Å². The lowest BCUT2D eigenvalue weighted by Gasteiger charge is -2.41. The van der Waals surface area contributed by atoms with Crippen molar-refractivity contribution in [1.82, 2.24) is 5.32 Å². The van der Waals surface area contributed by atoms with E-state index in [2.05, 4.69) is 33.0 Å². The van der Waals surface area contributed by atoms with Crippen LogP contribution in [0.25, 0.3) is 0 Å². The van der Waals surface area contributed by atoms with Crippen molar-refractivity contribution in [3.63, 3.8) is 0 Å². The molecule has 0 bridgehead atoms. The molecule has 0 aliphatic heterocycles. The van der Waals surface area contributed by atoms with E-state index in [1.165, 1.54) is 19.3 Å². The quantitative estimate of drug-likeness (QED) is 0.646. The molecule has 0 aromatic heterocycles. The topological polar surface area (TPSA) is 12.0 Å². The fourth-order valence-electron chi connectivity index (χ4n) is 1.80. The Kier molecular flexibility index (Phi) is 2.58. The van der Waals surface area contributed by atoms with Gasteiger partial charge < -0.3 is 5.32 Å². The second-order valence-corrected chi connectivity index (χ2v) is 4.75. The molecule has 0 spiro atoms. The molecule has 1 fully saturated rings. The maximum absolute atomic E-state index is 3.66. The molecule has 0 radical (unpaired) electrons. The van der Waals surface area contributed by atoms with Crippen LogP contribution < -0.4 is 5.32 Å². The van der Waals surface area contributed by atoms with Gasteiger partial charge in [-0.1, -0.05) is 13.3 Å². The van der Waals surface area contributed by atoms with Crippen molar-refractivity contribution in [3.05, 3.63) is 0 Å². The molecule has 0 aromatic carbocycles.